The summed E-state index contributed by atoms with van der Waals surface area (Å²) in [6.07, 6.45) is 0. The monoisotopic (exact) mass is 369 g/mol. The number of hydrogen-bond acceptors (Lipinski definition) is 3. The molecule has 0 saturated carbocycles. The van der Waals surface area contributed by atoms with Crippen molar-refractivity contribution < 1.29 is 4.74 Å². The van der Waals surface area contributed by atoms with Gasteiger partial charge in [-0.1, -0.05) is 54.1 Å². The van der Waals surface area contributed by atoms with Gasteiger partial charge in [-0.3, -0.25) is 4.90 Å². The molecule has 0 aliphatic carbocycles. The topological polar surface area (TPSA) is 12.5 Å². The molecule has 4 heteroatoms. The smallest absolute Gasteiger partial charge is 0.125 e. The first-order valence-corrected chi connectivity index (χ1v) is 9.84. The predicted octanol–water partition coefficient (Wildman–Crippen LogP) is 5.75. The molecule has 1 aliphatic heterocycles. The number of nitrogens with zero attached hydrogens (tertiary/aromatic N) is 1. The summed E-state index contributed by atoms with van der Waals surface area (Å²) in [7, 11) is 1.76. The highest BCUT2D eigenvalue weighted by molar-refractivity contribution is 7.99. The Bertz CT molecular complexity index is 898. The van der Waals surface area contributed by atoms with Crippen LogP contribution in [-0.2, 0) is 6.54 Å². The van der Waals surface area contributed by atoms with E-state index < -0.39 is 0 Å². The van der Waals surface area contributed by atoms with Gasteiger partial charge in [-0.25, -0.2) is 0 Å². The predicted molar refractivity (Wildman–Crippen MR) is 108 cm³/mol. The Morgan fingerprint density at radius 3 is 2.84 bits per heavy atom. The van der Waals surface area contributed by atoms with Crippen molar-refractivity contribution in [2.24, 2.45) is 0 Å². The van der Waals surface area contributed by atoms with E-state index in [0.29, 0.717) is 5.37 Å². The first-order valence-electron chi connectivity index (χ1n) is 8.42. The maximum atomic E-state index is 6.17. The Balaban J connectivity index is 1.74. The summed E-state index contributed by atoms with van der Waals surface area (Å²) in [6, 6.07) is 20.9. The van der Waals surface area contributed by atoms with Crippen LogP contribution in [0, 0.1) is 0 Å². The van der Waals surface area contributed by atoms with Crippen LogP contribution in [0.1, 0.15) is 16.5 Å². The summed E-state index contributed by atoms with van der Waals surface area (Å²) in [5.74, 6) is 2.09. The summed E-state index contributed by atoms with van der Waals surface area (Å²) in [4.78, 5) is 2.51. The number of halogens is 1. The number of methoxy groups -OCH3 is 1. The third kappa shape index (κ3) is 3.37. The van der Waals surface area contributed by atoms with E-state index in [1.807, 2.05) is 23.9 Å². The molecule has 1 aliphatic rings. The maximum Gasteiger partial charge on any atom is 0.125 e. The minimum atomic E-state index is 0.292. The molecular weight excluding hydrogens is 350 g/mol. The van der Waals surface area contributed by atoms with E-state index in [4.69, 9.17) is 16.3 Å². The average molecular weight is 370 g/mol. The zero-order valence-corrected chi connectivity index (χ0v) is 15.7. The number of fused-ring (bicyclic) bond motifs is 1. The van der Waals surface area contributed by atoms with Crippen molar-refractivity contribution in [2.75, 3.05) is 19.4 Å². The molecule has 1 heterocycles. The van der Waals surface area contributed by atoms with E-state index in [1.165, 1.54) is 21.9 Å². The first kappa shape index (κ1) is 16.8. The van der Waals surface area contributed by atoms with Crippen molar-refractivity contribution >= 4 is 34.1 Å². The number of rotatable bonds is 4. The van der Waals surface area contributed by atoms with E-state index in [0.717, 1.165) is 29.6 Å². The lowest BCUT2D eigenvalue weighted by atomic mass is 10.0. The molecule has 25 heavy (non-hydrogen) atoms. The van der Waals surface area contributed by atoms with E-state index in [1.54, 1.807) is 7.11 Å². The van der Waals surface area contributed by atoms with Gasteiger partial charge in [0.15, 0.2) is 0 Å². The summed E-state index contributed by atoms with van der Waals surface area (Å²) in [5, 5.41) is 3.62. The highest BCUT2D eigenvalue weighted by atomic mass is 35.5. The Hall–Kier alpha value is -1.68. The summed E-state index contributed by atoms with van der Waals surface area (Å²) in [6.45, 7) is 1.96. The number of hydrogen-bond donors (Lipinski definition) is 0. The molecule has 2 nitrogen and oxygen atoms in total. The molecule has 1 atom stereocenters. The van der Waals surface area contributed by atoms with Gasteiger partial charge in [-0.15, -0.1) is 11.8 Å². The van der Waals surface area contributed by atoms with Gasteiger partial charge in [-0.05, 0) is 34.5 Å². The highest BCUT2D eigenvalue weighted by Crippen LogP contribution is 2.45. The van der Waals surface area contributed by atoms with Crippen molar-refractivity contribution in [2.45, 2.75) is 11.9 Å². The summed E-state index contributed by atoms with van der Waals surface area (Å²) >= 11 is 8.15. The molecule has 3 aromatic carbocycles. The fourth-order valence-electron chi connectivity index (χ4n) is 3.51. The fraction of sp³-hybridized carbons (Fsp3) is 0.238. The third-order valence-electron chi connectivity index (χ3n) is 4.66. The van der Waals surface area contributed by atoms with E-state index >= 15 is 0 Å². The van der Waals surface area contributed by atoms with Gasteiger partial charge in [0, 0.05) is 29.4 Å². The fourth-order valence-corrected chi connectivity index (χ4v) is 5.09. The van der Waals surface area contributed by atoms with Crippen LogP contribution in [0.2, 0.25) is 5.02 Å². The van der Waals surface area contributed by atoms with Crippen molar-refractivity contribution in [3.05, 3.63) is 76.8 Å². The SMILES string of the molecule is COc1ccc2ccccc2c1C1SCCN1Cc1cccc(Cl)c1. The molecule has 3 aromatic rings. The largest absolute Gasteiger partial charge is 0.496 e. The molecule has 0 aromatic heterocycles. The van der Waals surface area contributed by atoms with Gasteiger partial charge in [-0.2, -0.15) is 0 Å². The van der Waals surface area contributed by atoms with Gasteiger partial charge in [0.05, 0.1) is 12.5 Å². The van der Waals surface area contributed by atoms with Gasteiger partial charge in [0.1, 0.15) is 5.75 Å². The lowest BCUT2D eigenvalue weighted by Gasteiger charge is -2.26. The van der Waals surface area contributed by atoms with Crippen LogP contribution >= 0.6 is 23.4 Å². The molecule has 0 radical (unpaired) electrons. The molecule has 128 valence electrons. The normalized spacial score (nSPS) is 17.9. The van der Waals surface area contributed by atoms with Crippen molar-refractivity contribution in [3.63, 3.8) is 0 Å². The molecule has 0 amide bonds. The second kappa shape index (κ2) is 7.28. The Kier molecular flexibility index (Phi) is 4.89. The second-order valence-corrected chi connectivity index (χ2v) is 7.85. The Morgan fingerprint density at radius 1 is 1.12 bits per heavy atom. The number of benzene rings is 3. The Morgan fingerprint density at radius 2 is 2.00 bits per heavy atom. The first-order chi connectivity index (χ1) is 12.3. The van der Waals surface area contributed by atoms with Crippen LogP contribution in [0.25, 0.3) is 10.8 Å². The van der Waals surface area contributed by atoms with Gasteiger partial charge in [0.2, 0.25) is 0 Å². The van der Waals surface area contributed by atoms with Crippen LogP contribution in [0.5, 0.6) is 5.75 Å². The summed E-state index contributed by atoms with van der Waals surface area (Å²) < 4.78 is 5.72. The van der Waals surface area contributed by atoms with Gasteiger partial charge in [0.25, 0.3) is 0 Å². The Labute approximate surface area is 157 Å². The molecule has 1 saturated heterocycles. The number of thioether (sulfide) groups is 1. The van der Waals surface area contributed by atoms with Crippen LogP contribution in [-0.4, -0.2) is 24.3 Å². The van der Waals surface area contributed by atoms with Gasteiger partial charge >= 0.3 is 0 Å². The van der Waals surface area contributed by atoms with Crippen molar-refractivity contribution in [3.8, 4) is 5.75 Å². The minimum absolute atomic E-state index is 0.292. The van der Waals surface area contributed by atoms with Crippen molar-refractivity contribution in [1.29, 1.82) is 0 Å². The van der Waals surface area contributed by atoms with Crippen LogP contribution in [0.15, 0.2) is 60.7 Å². The average Bonchev–Trinajstić information content (AvgIpc) is 3.08. The van der Waals surface area contributed by atoms with E-state index in [2.05, 4.69) is 53.4 Å². The maximum absolute atomic E-state index is 6.17. The lowest BCUT2D eigenvalue weighted by Crippen LogP contribution is -2.23. The quantitative estimate of drug-likeness (QED) is 0.581. The zero-order chi connectivity index (χ0) is 17.2. The van der Waals surface area contributed by atoms with Crippen LogP contribution < -0.4 is 4.74 Å². The van der Waals surface area contributed by atoms with E-state index in [9.17, 15) is 0 Å². The standard InChI is InChI=1S/C21H20ClNOS/c1-24-19-10-9-16-6-2-3-8-18(16)20(19)21-23(11-12-25-21)14-15-5-4-7-17(22)13-15/h2-10,13,21H,11-12,14H2,1H3. The molecule has 1 fully saturated rings. The third-order valence-corrected chi connectivity index (χ3v) is 6.16. The van der Waals surface area contributed by atoms with E-state index in [-0.39, 0.29) is 0 Å². The van der Waals surface area contributed by atoms with Gasteiger partial charge < -0.3 is 4.74 Å². The summed E-state index contributed by atoms with van der Waals surface area (Å²) in [5.41, 5.74) is 2.53. The van der Waals surface area contributed by atoms with Crippen molar-refractivity contribution in [1.82, 2.24) is 4.90 Å². The lowest BCUT2D eigenvalue weighted by molar-refractivity contribution is 0.277. The highest BCUT2D eigenvalue weighted by Gasteiger charge is 2.30. The van der Waals surface area contributed by atoms with Crippen LogP contribution in [0.3, 0.4) is 0 Å². The second-order valence-electron chi connectivity index (χ2n) is 6.23. The van der Waals surface area contributed by atoms with Crippen LogP contribution in [0.4, 0.5) is 0 Å². The molecule has 4 rings (SSSR count). The molecule has 0 spiro atoms. The molecule has 0 bridgehead atoms. The molecule has 0 N–H and O–H groups in total. The molecule has 1 unspecified atom stereocenters. The minimum Gasteiger partial charge on any atom is -0.496 e. The molecular formula is C21H20ClNOS. The number of ether oxygens (including phenoxy) is 1. The zero-order valence-electron chi connectivity index (χ0n) is 14.1.